The molecule has 2 aliphatic heterocycles. The lowest BCUT2D eigenvalue weighted by Crippen LogP contribution is -2.36. The van der Waals surface area contributed by atoms with Crippen LogP contribution in [0.1, 0.15) is 94.4 Å². The van der Waals surface area contributed by atoms with Crippen LogP contribution in [0.3, 0.4) is 0 Å². The minimum absolute atomic E-state index is 0. The lowest BCUT2D eigenvalue weighted by atomic mass is 9.87. The summed E-state index contributed by atoms with van der Waals surface area (Å²) in [6, 6.07) is 7.87. The van der Waals surface area contributed by atoms with Crippen molar-refractivity contribution in [3.63, 3.8) is 0 Å². The first-order valence-electron chi connectivity index (χ1n) is 16.0. The maximum Gasteiger partial charge on any atom is 0.417 e. The Labute approximate surface area is 302 Å². The largest absolute Gasteiger partial charge is 0.477 e. The van der Waals surface area contributed by atoms with Crippen molar-refractivity contribution in [3.8, 4) is 0 Å². The van der Waals surface area contributed by atoms with Crippen LogP contribution in [0.5, 0.6) is 0 Å². The molecule has 52 heavy (non-hydrogen) atoms. The molecule has 0 spiro atoms. The second-order valence-corrected chi connectivity index (χ2v) is 14.4. The van der Waals surface area contributed by atoms with Crippen LogP contribution in [0.15, 0.2) is 36.4 Å². The summed E-state index contributed by atoms with van der Waals surface area (Å²) in [6.45, 7) is 4.98. The average Bonchev–Trinajstić information content (AvgIpc) is 3.67. The van der Waals surface area contributed by atoms with Gasteiger partial charge in [0.15, 0.2) is 0 Å². The molecule has 284 valence electrons. The number of nitrogens with zero attached hydrogens (tertiary/aromatic N) is 2. The van der Waals surface area contributed by atoms with Crippen LogP contribution < -0.4 is 0 Å². The first-order valence-corrected chi connectivity index (χ1v) is 17.6. The van der Waals surface area contributed by atoms with E-state index in [9.17, 15) is 50.6 Å². The Balaban J connectivity index is 0.000000275. The van der Waals surface area contributed by atoms with E-state index >= 15 is 0 Å². The maximum atomic E-state index is 13.4. The van der Waals surface area contributed by atoms with Crippen molar-refractivity contribution in [1.29, 1.82) is 0 Å². The van der Waals surface area contributed by atoms with E-state index < -0.39 is 35.4 Å². The number of aromatic carboxylic acids is 1. The molecule has 2 saturated heterocycles. The molecular formula is C35H37F7N2O6S2. The Hall–Kier alpha value is -4.25. The Morgan fingerprint density at radius 2 is 1.08 bits per heavy atom. The molecule has 2 amide bonds. The number of methoxy groups -OCH3 is 1. The fourth-order valence-corrected chi connectivity index (χ4v) is 9.50. The molecule has 4 aromatic rings. The molecule has 2 aromatic heterocycles. The molecule has 17 heteroatoms. The van der Waals surface area contributed by atoms with Crippen LogP contribution in [0, 0.1) is 0 Å². The van der Waals surface area contributed by atoms with Gasteiger partial charge in [-0.2, -0.15) is 26.3 Å². The van der Waals surface area contributed by atoms with Gasteiger partial charge in [0, 0.05) is 50.9 Å². The number of fused-ring (bicyclic) bond motifs is 2. The molecule has 2 aliphatic rings. The minimum atomic E-state index is -4.53. The molecule has 0 aliphatic carbocycles. The number of hydrogen-bond acceptors (Lipinski definition) is 7. The SMILES string of the molecule is CC(=O)N1CCC(c2c(C(=O)O)sc3c(C(F)(F)F)cccc23)CC1.COC(=O)c1sc2c(C(F)(F)F)cccc2c1C1CCN(C(C)=O)CC1.F.[3HH]. The zero-order valence-electron chi connectivity index (χ0n) is 28.2. The summed E-state index contributed by atoms with van der Waals surface area (Å²) in [7, 11) is 1.22. The van der Waals surface area contributed by atoms with Crippen LogP contribution in [0.2, 0.25) is 0 Å². The standard InChI is InChI=1S/C18H18F3NO3S.C17H16F3NO3S.FH.H2/c1-10(23)22-8-6-11(7-9-22)14-12-4-3-5-13(18(19,20)21)15(12)26-16(14)17(24)25-2;1-9(22)21-7-5-10(6-8-21)13-11-3-2-4-12(17(18,19)20)14(11)25-15(13)16(23)24;;/h3-5,11H,6-9H2,1-2H3;2-4,10H,5-8H2,1H3,(H,23,24);2*1H/i;;;1+2. The van der Waals surface area contributed by atoms with Crippen molar-refractivity contribution in [3.05, 3.63) is 68.4 Å². The number of carboxylic acids is 1. The molecule has 0 atom stereocenters. The molecule has 2 fully saturated rings. The topological polar surface area (TPSA) is 104 Å². The summed E-state index contributed by atoms with van der Waals surface area (Å²) in [4.78, 5) is 50.4. The van der Waals surface area contributed by atoms with Crippen molar-refractivity contribution in [2.24, 2.45) is 0 Å². The Bertz CT molecular complexity index is 1980. The highest BCUT2D eigenvalue weighted by atomic mass is 32.1. The highest BCUT2D eigenvalue weighted by molar-refractivity contribution is 7.21. The van der Waals surface area contributed by atoms with Gasteiger partial charge in [0.05, 0.1) is 18.2 Å². The molecule has 6 rings (SSSR count). The van der Waals surface area contributed by atoms with E-state index in [2.05, 4.69) is 0 Å². The van der Waals surface area contributed by atoms with Gasteiger partial charge in [0.25, 0.3) is 0 Å². The summed E-state index contributed by atoms with van der Waals surface area (Å²) < 4.78 is 84.7. The smallest absolute Gasteiger partial charge is 0.417 e. The van der Waals surface area contributed by atoms with Crippen molar-refractivity contribution in [2.75, 3.05) is 33.3 Å². The number of thiophene rings is 2. The number of benzene rings is 2. The monoisotopic (exact) mass is 780 g/mol. The third kappa shape index (κ3) is 8.19. The summed E-state index contributed by atoms with van der Waals surface area (Å²) in [5.74, 6) is -2.16. The fraction of sp³-hybridized carbons (Fsp3) is 0.429. The Morgan fingerprint density at radius 1 is 0.712 bits per heavy atom. The number of amides is 2. The van der Waals surface area contributed by atoms with Crippen LogP contribution in [0.25, 0.3) is 20.2 Å². The van der Waals surface area contributed by atoms with Gasteiger partial charge in [-0.25, -0.2) is 9.59 Å². The van der Waals surface area contributed by atoms with Gasteiger partial charge in [-0.1, -0.05) is 24.3 Å². The number of rotatable bonds is 4. The maximum absolute atomic E-state index is 13.4. The number of hydrogen-bond donors (Lipinski definition) is 1. The zero-order valence-corrected chi connectivity index (χ0v) is 29.8. The summed E-state index contributed by atoms with van der Waals surface area (Å²) in [5, 5.41) is 10.3. The van der Waals surface area contributed by atoms with Crippen molar-refractivity contribution in [2.45, 2.75) is 63.7 Å². The molecule has 0 bridgehead atoms. The number of piperidine rings is 2. The van der Waals surface area contributed by atoms with E-state index in [1.165, 1.54) is 33.1 Å². The van der Waals surface area contributed by atoms with Gasteiger partial charge < -0.3 is 19.6 Å². The number of carboxylic acid groups (broad SMARTS) is 1. The molecule has 0 saturated carbocycles. The highest BCUT2D eigenvalue weighted by Gasteiger charge is 2.38. The second-order valence-electron chi connectivity index (χ2n) is 12.4. The van der Waals surface area contributed by atoms with Gasteiger partial charge >= 0.3 is 24.3 Å². The van der Waals surface area contributed by atoms with Crippen molar-refractivity contribution >= 4 is 66.6 Å². The first kappa shape index (κ1) is 40.5. The van der Waals surface area contributed by atoms with Gasteiger partial charge in [-0.05, 0) is 71.6 Å². The number of carbonyl (C=O) groups excluding carboxylic acids is 3. The molecule has 0 radical (unpaired) electrons. The van der Waals surface area contributed by atoms with E-state index in [0.717, 1.165) is 23.5 Å². The van der Waals surface area contributed by atoms with Gasteiger partial charge in [-0.3, -0.25) is 14.3 Å². The molecule has 8 nitrogen and oxygen atoms in total. The lowest BCUT2D eigenvalue weighted by Gasteiger charge is -2.31. The third-order valence-electron chi connectivity index (χ3n) is 9.38. The lowest BCUT2D eigenvalue weighted by molar-refractivity contribution is -0.137. The second kappa shape index (κ2) is 15.8. The van der Waals surface area contributed by atoms with Crippen molar-refractivity contribution in [1.82, 2.24) is 9.80 Å². The van der Waals surface area contributed by atoms with Crippen LogP contribution in [-0.4, -0.2) is 71.9 Å². The van der Waals surface area contributed by atoms with Gasteiger partial charge in [0.1, 0.15) is 9.75 Å². The summed E-state index contributed by atoms with van der Waals surface area (Å²) in [6.07, 6.45) is -6.73. The molecule has 4 heterocycles. The van der Waals surface area contributed by atoms with E-state index in [0.29, 0.717) is 85.1 Å². The first-order chi connectivity index (χ1) is 23.9. The van der Waals surface area contributed by atoms with Gasteiger partial charge in [0.2, 0.25) is 11.8 Å². The Morgan fingerprint density at radius 3 is 1.40 bits per heavy atom. The average molecular weight is 781 g/mol. The van der Waals surface area contributed by atoms with E-state index in [1.54, 1.807) is 21.9 Å². The number of halogens is 7. The molecular weight excluding hydrogens is 742 g/mol. The predicted octanol–water partition coefficient (Wildman–Crippen LogP) is 9.18. The molecule has 0 unspecified atom stereocenters. The number of carbonyl (C=O) groups is 4. The molecule has 1 N–H and O–H groups in total. The molecule has 2 aromatic carbocycles. The summed E-state index contributed by atoms with van der Waals surface area (Å²) >= 11 is 1.52. The van der Waals surface area contributed by atoms with E-state index in [1.807, 2.05) is 0 Å². The van der Waals surface area contributed by atoms with Crippen LogP contribution >= 0.6 is 22.7 Å². The predicted molar refractivity (Wildman–Crippen MR) is 185 cm³/mol. The third-order valence-corrected chi connectivity index (χ3v) is 11.9. The number of ether oxygens (including phenoxy) is 1. The quantitative estimate of drug-likeness (QED) is 0.164. The fourth-order valence-electron chi connectivity index (χ4n) is 6.90. The van der Waals surface area contributed by atoms with E-state index in [-0.39, 0.29) is 48.9 Å². The number of alkyl halides is 6. The van der Waals surface area contributed by atoms with E-state index in [4.69, 9.17) is 4.74 Å². The number of esters is 1. The normalized spacial score (nSPS) is 15.9. The zero-order chi connectivity index (χ0) is 37.4. The summed E-state index contributed by atoms with van der Waals surface area (Å²) in [5.41, 5.74) is -0.449. The highest BCUT2D eigenvalue weighted by Crippen LogP contribution is 2.47. The Kier molecular flexibility index (Phi) is 12.3. The number of likely N-dealkylation sites (tertiary alicyclic amines) is 2. The van der Waals surface area contributed by atoms with Crippen molar-refractivity contribution < 1.29 is 61.5 Å². The van der Waals surface area contributed by atoms with Crippen LogP contribution in [0.4, 0.5) is 31.0 Å². The van der Waals surface area contributed by atoms with Gasteiger partial charge in [-0.15, -0.1) is 22.7 Å². The minimum Gasteiger partial charge on any atom is -0.477 e. The van der Waals surface area contributed by atoms with Crippen LogP contribution in [-0.2, 0) is 26.7 Å².